The molecule has 0 bridgehead atoms. The Morgan fingerprint density at radius 3 is 1.80 bits per heavy atom. The molecule has 6 aromatic rings. The van der Waals surface area contributed by atoms with Crippen molar-refractivity contribution in [3.63, 3.8) is 0 Å². The Kier molecular flexibility index (Phi) is 6.94. The van der Waals surface area contributed by atoms with Crippen LogP contribution < -0.4 is 0 Å². The van der Waals surface area contributed by atoms with Gasteiger partial charge in [0.15, 0.2) is 0 Å². The third kappa shape index (κ3) is 4.62. The second-order valence-electron chi connectivity index (χ2n) is 12.5. The zero-order valence-corrected chi connectivity index (χ0v) is 25.6. The third-order valence-corrected chi connectivity index (χ3v) is 9.24. The summed E-state index contributed by atoms with van der Waals surface area (Å²) in [7, 11) is 0. The van der Waals surface area contributed by atoms with Crippen LogP contribution >= 0.6 is 0 Å². The maximum atomic E-state index is 11.7. The van der Waals surface area contributed by atoms with Crippen LogP contribution in [0.4, 0.5) is 0 Å². The van der Waals surface area contributed by atoms with Crippen LogP contribution in [0.15, 0.2) is 127 Å². The van der Waals surface area contributed by atoms with Crippen molar-refractivity contribution in [2.75, 3.05) is 6.61 Å². The van der Waals surface area contributed by atoms with Crippen molar-refractivity contribution in [2.24, 2.45) is 0 Å². The molecule has 0 aliphatic heterocycles. The second kappa shape index (κ2) is 11.0. The Morgan fingerprint density at radius 1 is 0.659 bits per heavy atom. The Labute approximate surface area is 259 Å². The minimum atomic E-state index is -0.323. The molecular formula is C42H36O2. The van der Waals surface area contributed by atoms with E-state index in [2.05, 4.69) is 136 Å². The molecule has 7 rings (SSSR count). The number of hydrogen-bond acceptors (Lipinski definition) is 2. The van der Waals surface area contributed by atoms with Gasteiger partial charge in [0, 0.05) is 11.0 Å². The lowest BCUT2D eigenvalue weighted by Gasteiger charge is -2.23. The van der Waals surface area contributed by atoms with Crippen molar-refractivity contribution in [2.45, 2.75) is 39.0 Å². The van der Waals surface area contributed by atoms with E-state index in [9.17, 15) is 4.79 Å². The van der Waals surface area contributed by atoms with Crippen LogP contribution in [0.5, 0.6) is 0 Å². The van der Waals surface area contributed by atoms with E-state index in [-0.39, 0.29) is 11.4 Å². The number of rotatable bonds is 7. The Morgan fingerprint density at radius 2 is 1.18 bits per heavy atom. The molecule has 216 valence electrons. The maximum Gasteiger partial charge on any atom is 0.333 e. The van der Waals surface area contributed by atoms with Crippen LogP contribution in [0.2, 0.25) is 0 Å². The summed E-state index contributed by atoms with van der Waals surface area (Å²) in [4.78, 5) is 11.7. The number of hydrogen-bond donors (Lipinski definition) is 0. The van der Waals surface area contributed by atoms with Gasteiger partial charge in [-0.05, 0) is 97.4 Å². The monoisotopic (exact) mass is 572 g/mol. The van der Waals surface area contributed by atoms with Gasteiger partial charge in [-0.1, -0.05) is 130 Å². The molecule has 0 spiro atoms. The van der Waals surface area contributed by atoms with Gasteiger partial charge in [-0.2, -0.15) is 0 Å². The van der Waals surface area contributed by atoms with Crippen LogP contribution in [0.25, 0.3) is 54.9 Å². The summed E-state index contributed by atoms with van der Waals surface area (Å²) in [5.41, 5.74) is 12.1. The van der Waals surface area contributed by atoms with Gasteiger partial charge in [0.05, 0.1) is 6.61 Å². The Bertz CT molecular complexity index is 2020. The van der Waals surface area contributed by atoms with Gasteiger partial charge < -0.3 is 4.74 Å². The second-order valence-corrected chi connectivity index (χ2v) is 12.5. The fraction of sp³-hybridized carbons (Fsp3) is 0.167. The lowest BCUT2D eigenvalue weighted by atomic mass is 9.80. The normalized spacial score (nSPS) is 13.1. The zero-order valence-electron chi connectivity index (χ0n) is 25.6. The highest BCUT2D eigenvalue weighted by molar-refractivity contribution is 6.21. The quantitative estimate of drug-likeness (QED) is 0.0823. The molecule has 0 fully saturated rings. The van der Waals surface area contributed by atoms with Gasteiger partial charge >= 0.3 is 5.97 Å². The van der Waals surface area contributed by atoms with Crippen LogP contribution in [-0.2, 0) is 21.4 Å². The van der Waals surface area contributed by atoms with Gasteiger partial charge in [0.1, 0.15) is 0 Å². The van der Waals surface area contributed by atoms with Crippen molar-refractivity contribution in [1.82, 2.24) is 0 Å². The number of ether oxygens (including phenoxy) is 1. The molecule has 0 heterocycles. The van der Waals surface area contributed by atoms with Crippen LogP contribution in [-0.4, -0.2) is 12.6 Å². The first-order chi connectivity index (χ1) is 21.3. The molecule has 2 nitrogen and oxygen atoms in total. The van der Waals surface area contributed by atoms with Gasteiger partial charge in [-0.15, -0.1) is 0 Å². The highest BCUT2D eigenvalue weighted by atomic mass is 16.5. The highest BCUT2D eigenvalue weighted by Crippen LogP contribution is 2.51. The summed E-state index contributed by atoms with van der Waals surface area (Å²) in [6.07, 6.45) is 1.63. The van der Waals surface area contributed by atoms with Crippen molar-refractivity contribution < 1.29 is 9.53 Å². The van der Waals surface area contributed by atoms with Gasteiger partial charge in [0.2, 0.25) is 0 Å². The molecule has 1 aliphatic rings. The molecule has 0 radical (unpaired) electrons. The SMILES string of the molecule is C=C(C)C(=O)OCCCc1ccc(-c2c3ccccc3c(-c3ccc4c(c3)C(C)(C)c3ccccc3-4)c3ccccc23)cc1. The minimum Gasteiger partial charge on any atom is -0.462 e. The molecule has 0 saturated carbocycles. The summed E-state index contributed by atoms with van der Waals surface area (Å²) in [6, 6.07) is 42.4. The molecule has 0 N–H and O–H groups in total. The zero-order chi connectivity index (χ0) is 30.4. The molecule has 0 aromatic heterocycles. The average molecular weight is 573 g/mol. The van der Waals surface area contributed by atoms with E-state index in [1.54, 1.807) is 6.92 Å². The average Bonchev–Trinajstić information content (AvgIpc) is 3.28. The standard InChI is InChI=1S/C42H36O2/c1-27(2)41(43)44-25-11-12-28-19-21-29(22-20-28)39-33-14-5-7-16-35(33)40(36-17-8-6-15-34(36)39)30-23-24-32-31-13-9-10-18-37(31)42(3,4)38(32)26-30/h5-10,13-24,26H,1,11-12,25H2,2-4H3. The lowest BCUT2D eigenvalue weighted by molar-refractivity contribution is -0.139. The molecule has 0 amide bonds. The minimum absolute atomic E-state index is 0.0541. The number of esters is 1. The highest BCUT2D eigenvalue weighted by Gasteiger charge is 2.35. The fourth-order valence-corrected chi connectivity index (χ4v) is 7.01. The summed E-state index contributed by atoms with van der Waals surface area (Å²) >= 11 is 0. The van der Waals surface area contributed by atoms with Gasteiger partial charge in [-0.25, -0.2) is 4.79 Å². The van der Waals surface area contributed by atoms with E-state index in [4.69, 9.17) is 4.74 Å². The first kappa shape index (κ1) is 27.9. The van der Waals surface area contributed by atoms with Crippen LogP contribution in [0.1, 0.15) is 43.9 Å². The molecule has 0 saturated heterocycles. The van der Waals surface area contributed by atoms with Crippen LogP contribution in [0.3, 0.4) is 0 Å². The van der Waals surface area contributed by atoms with Crippen molar-refractivity contribution >= 4 is 27.5 Å². The maximum absolute atomic E-state index is 11.7. The van der Waals surface area contributed by atoms with Gasteiger partial charge in [-0.3, -0.25) is 0 Å². The summed E-state index contributed by atoms with van der Waals surface area (Å²) in [6.45, 7) is 10.4. The van der Waals surface area contributed by atoms with E-state index < -0.39 is 0 Å². The lowest BCUT2D eigenvalue weighted by Crippen LogP contribution is -2.14. The topological polar surface area (TPSA) is 26.3 Å². The number of benzene rings is 6. The molecule has 0 atom stereocenters. The van der Waals surface area contributed by atoms with Gasteiger partial charge in [0.25, 0.3) is 0 Å². The number of carbonyl (C=O) groups excluding carboxylic acids is 1. The largest absolute Gasteiger partial charge is 0.462 e. The summed E-state index contributed by atoms with van der Waals surface area (Å²) < 4.78 is 5.28. The van der Waals surface area contributed by atoms with Crippen molar-refractivity contribution in [3.05, 3.63) is 144 Å². The van der Waals surface area contributed by atoms with E-state index in [0.29, 0.717) is 12.2 Å². The van der Waals surface area contributed by atoms with Crippen LogP contribution in [0, 0.1) is 0 Å². The van der Waals surface area contributed by atoms with E-state index in [0.717, 1.165) is 12.8 Å². The summed E-state index contributed by atoms with van der Waals surface area (Å²) in [5.74, 6) is -0.323. The molecule has 6 aromatic carbocycles. The third-order valence-electron chi connectivity index (χ3n) is 9.24. The molecule has 0 unspecified atom stereocenters. The predicted octanol–water partition coefficient (Wildman–Crippen LogP) is 10.7. The predicted molar refractivity (Wildman–Crippen MR) is 184 cm³/mol. The van der Waals surface area contributed by atoms with E-state index in [1.807, 2.05) is 0 Å². The molecule has 2 heteroatoms. The molecular weight excluding hydrogens is 536 g/mol. The summed E-state index contributed by atoms with van der Waals surface area (Å²) in [5, 5.41) is 5.03. The number of carbonyl (C=O) groups is 1. The van der Waals surface area contributed by atoms with E-state index >= 15 is 0 Å². The van der Waals surface area contributed by atoms with E-state index in [1.165, 1.54) is 71.6 Å². The Balaban J connectivity index is 1.31. The number of aryl methyl sites for hydroxylation is 1. The smallest absolute Gasteiger partial charge is 0.333 e. The number of fused-ring (bicyclic) bond motifs is 5. The molecule has 44 heavy (non-hydrogen) atoms. The Hall–Kier alpha value is -4.95. The van der Waals surface area contributed by atoms with Crippen molar-refractivity contribution in [1.29, 1.82) is 0 Å². The first-order valence-corrected chi connectivity index (χ1v) is 15.4. The first-order valence-electron chi connectivity index (χ1n) is 15.4. The molecule has 1 aliphatic carbocycles. The fourth-order valence-electron chi connectivity index (χ4n) is 7.01. The van der Waals surface area contributed by atoms with Crippen molar-refractivity contribution in [3.8, 4) is 33.4 Å².